The summed E-state index contributed by atoms with van der Waals surface area (Å²) in [6.07, 6.45) is 2.59. The van der Waals surface area contributed by atoms with Crippen LogP contribution in [0.15, 0.2) is 78.9 Å². The molecule has 0 heterocycles. The van der Waals surface area contributed by atoms with Crippen molar-refractivity contribution >= 4 is 22.8 Å². The monoisotopic (exact) mass is 412 g/mol. The van der Waals surface area contributed by atoms with Crippen LogP contribution in [0.5, 0.6) is 23.0 Å². The fourth-order valence-electron chi connectivity index (χ4n) is 3.55. The molecule has 0 saturated carbocycles. The Bertz CT molecular complexity index is 1300. The maximum Gasteiger partial charge on any atom is 0.328 e. The van der Waals surface area contributed by atoms with Gasteiger partial charge in [0.05, 0.1) is 0 Å². The summed E-state index contributed by atoms with van der Waals surface area (Å²) in [4.78, 5) is 10.7. The number of benzene rings is 4. The molecule has 3 N–H and O–H groups in total. The Hall–Kier alpha value is -4.25. The van der Waals surface area contributed by atoms with Gasteiger partial charge in [0.2, 0.25) is 0 Å². The Labute approximate surface area is 179 Å². The first-order valence-corrected chi connectivity index (χ1v) is 9.65. The van der Waals surface area contributed by atoms with Crippen LogP contribution < -0.4 is 4.74 Å². The lowest BCUT2D eigenvalue weighted by Crippen LogP contribution is -1.94. The minimum atomic E-state index is -1.01. The van der Waals surface area contributed by atoms with Gasteiger partial charge in [0.25, 0.3) is 0 Å². The van der Waals surface area contributed by atoms with Crippen LogP contribution in [-0.2, 0) is 4.79 Å². The van der Waals surface area contributed by atoms with E-state index < -0.39 is 5.97 Å². The standard InChI is InChI=1S/C26H20O5/c1-16-13-19-15-21(28)8-11-23(19)26(25(16)18-3-2-4-20(27)14-18)31-22-9-5-17(6-10-22)7-12-24(29)30/h2-15,27-28H,1H3,(H,29,30)/b12-7+. The van der Waals surface area contributed by atoms with Gasteiger partial charge in [-0.2, -0.15) is 0 Å². The molecule has 0 spiro atoms. The Morgan fingerprint density at radius 3 is 2.35 bits per heavy atom. The molecule has 0 radical (unpaired) electrons. The van der Waals surface area contributed by atoms with E-state index in [1.165, 1.54) is 6.08 Å². The summed E-state index contributed by atoms with van der Waals surface area (Å²) in [6.45, 7) is 1.95. The third-order valence-electron chi connectivity index (χ3n) is 4.93. The third-order valence-corrected chi connectivity index (χ3v) is 4.93. The molecule has 4 rings (SSSR count). The second-order valence-electron chi connectivity index (χ2n) is 7.20. The minimum Gasteiger partial charge on any atom is -0.508 e. The average Bonchev–Trinajstić information content (AvgIpc) is 2.73. The molecule has 0 unspecified atom stereocenters. The molecule has 0 aromatic heterocycles. The summed E-state index contributed by atoms with van der Waals surface area (Å²) in [5, 5.41) is 30.3. The predicted molar refractivity (Wildman–Crippen MR) is 121 cm³/mol. The van der Waals surface area contributed by atoms with Gasteiger partial charge in [-0.25, -0.2) is 4.79 Å². The molecule has 0 bridgehead atoms. The average molecular weight is 412 g/mol. The van der Waals surface area contributed by atoms with E-state index in [2.05, 4.69) is 0 Å². The van der Waals surface area contributed by atoms with Crippen molar-refractivity contribution in [1.82, 2.24) is 0 Å². The van der Waals surface area contributed by atoms with Crippen LogP contribution in [0.2, 0.25) is 0 Å². The van der Waals surface area contributed by atoms with Crippen LogP contribution >= 0.6 is 0 Å². The lowest BCUT2D eigenvalue weighted by molar-refractivity contribution is -0.131. The fraction of sp³-hybridized carbons (Fsp3) is 0.0385. The van der Waals surface area contributed by atoms with Crippen molar-refractivity contribution in [3.05, 3.63) is 90.0 Å². The van der Waals surface area contributed by atoms with E-state index >= 15 is 0 Å². The Morgan fingerprint density at radius 1 is 0.903 bits per heavy atom. The van der Waals surface area contributed by atoms with Crippen molar-refractivity contribution in [2.24, 2.45) is 0 Å². The maximum absolute atomic E-state index is 10.7. The highest BCUT2D eigenvalue weighted by Crippen LogP contribution is 2.43. The highest BCUT2D eigenvalue weighted by atomic mass is 16.5. The van der Waals surface area contributed by atoms with E-state index in [4.69, 9.17) is 9.84 Å². The van der Waals surface area contributed by atoms with Gasteiger partial charge < -0.3 is 20.1 Å². The van der Waals surface area contributed by atoms with Crippen molar-refractivity contribution < 1.29 is 24.9 Å². The number of ether oxygens (including phenoxy) is 1. The van der Waals surface area contributed by atoms with Gasteiger partial charge in [0.1, 0.15) is 23.0 Å². The quantitative estimate of drug-likeness (QED) is 0.344. The second-order valence-corrected chi connectivity index (χ2v) is 7.20. The first-order chi connectivity index (χ1) is 14.9. The molecule has 5 heteroatoms. The molecule has 0 aliphatic heterocycles. The molecule has 0 fully saturated rings. The van der Waals surface area contributed by atoms with Crippen molar-refractivity contribution in [1.29, 1.82) is 0 Å². The number of fused-ring (bicyclic) bond motifs is 1. The number of carbonyl (C=O) groups is 1. The van der Waals surface area contributed by atoms with E-state index in [0.29, 0.717) is 11.5 Å². The summed E-state index contributed by atoms with van der Waals surface area (Å²) in [7, 11) is 0. The van der Waals surface area contributed by atoms with Gasteiger partial charge in [0, 0.05) is 17.0 Å². The number of aliphatic carboxylic acids is 1. The molecule has 0 amide bonds. The van der Waals surface area contributed by atoms with Crippen LogP contribution in [0, 0.1) is 6.92 Å². The van der Waals surface area contributed by atoms with E-state index in [1.807, 2.05) is 19.1 Å². The molecule has 0 saturated heterocycles. The third kappa shape index (κ3) is 4.36. The first kappa shape index (κ1) is 20.0. The SMILES string of the molecule is Cc1cc2cc(O)ccc2c(Oc2ccc(/C=C/C(=O)O)cc2)c1-c1cccc(O)c1. The molecule has 0 aliphatic rings. The summed E-state index contributed by atoms with van der Waals surface area (Å²) >= 11 is 0. The number of aryl methyl sites for hydroxylation is 1. The van der Waals surface area contributed by atoms with E-state index in [1.54, 1.807) is 60.7 Å². The highest BCUT2D eigenvalue weighted by Gasteiger charge is 2.16. The summed E-state index contributed by atoms with van der Waals surface area (Å²) in [5.74, 6) is 0.495. The molecule has 0 aliphatic carbocycles. The zero-order valence-corrected chi connectivity index (χ0v) is 16.7. The molecule has 154 valence electrons. The highest BCUT2D eigenvalue weighted by molar-refractivity contribution is 5.97. The Balaban J connectivity index is 1.85. The Morgan fingerprint density at radius 2 is 1.65 bits per heavy atom. The van der Waals surface area contributed by atoms with Gasteiger partial charge in [-0.05, 0) is 77.5 Å². The Kier molecular flexibility index (Phi) is 5.33. The lowest BCUT2D eigenvalue weighted by atomic mass is 9.94. The summed E-state index contributed by atoms with van der Waals surface area (Å²) in [5.41, 5.74) is 3.31. The predicted octanol–water partition coefficient (Wildman–Crippen LogP) is 6.12. The van der Waals surface area contributed by atoms with Crippen LogP contribution in [-0.4, -0.2) is 21.3 Å². The van der Waals surface area contributed by atoms with E-state index in [9.17, 15) is 15.0 Å². The van der Waals surface area contributed by atoms with E-state index in [0.717, 1.165) is 39.1 Å². The summed E-state index contributed by atoms with van der Waals surface area (Å²) in [6, 6.07) is 21.1. The first-order valence-electron chi connectivity index (χ1n) is 9.65. The molecule has 0 atom stereocenters. The van der Waals surface area contributed by atoms with Crippen molar-refractivity contribution in [2.45, 2.75) is 6.92 Å². The van der Waals surface area contributed by atoms with Gasteiger partial charge in [-0.15, -0.1) is 0 Å². The molecular weight excluding hydrogens is 392 g/mol. The number of rotatable bonds is 5. The number of hydrogen-bond donors (Lipinski definition) is 3. The van der Waals surface area contributed by atoms with Crippen molar-refractivity contribution in [3.63, 3.8) is 0 Å². The van der Waals surface area contributed by atoms with Gasteiger partial charge in [0.15, 0.2) is 0 Å². The number of hydrogen-bond acceptors (Lipinski definition) is 4. The topological polar surface area (TPSA) is 87.0 Å². The van der Waals surface area contributed by atoms with Gasteiger partial charge in [-0.3, -0.25) is 0 Å². The van der Waals surface area contributed by atoms with Crippen LogP contribution in [0.1, 0.15) is 11.1 Å². The zero-order chi connectivity index (χ0) is 22.0. The van der Waals surface area contributed by atoms with E-state index in [-0.39, 0.29) is 11.5 Å². The second kappa shape index (κ2) is 8.24. The zero-order valence-electron chi connectivity index (χ0n) is 16.7. The minimum absolute atomic E-state index is 0.156. The smallest absolute Gasteiger partial charge is 0.328 e. The molecule has 4 aromatic rings. The number of phenolic OH excluding ortho intramolecular Hbond substituents is 2. The van der Waals surface area contributed by atoms with Crippen LogP contribution in [0.3, 0.4) is 0 Å². The largest absolute Gasteiger partial charge is 0.508 e. The van der Waals surface area contributed by atoms with Crippen molar-refractivity contribution in [2.75, 3.05) is 0 Å². The van der Waals surface area contributed by atoms with Crippen LogP contribution in [0.4, 0.5) is 0 Å². The number of carboxylic acids is 1. The van der Waals surface area contributed by atoms with Crippen molar-refractivity contribution in [3.8, 4) is 34.1 Å². The summed E-state index contributed by atoms with van der Waals surface area (Å²) < 4.78 is 6.31. The molecular formula is C26H20O5. The van der Waals surface area contributed by atoms with Crippen LogP contribution in [0.25, 0.3) is 28.0 Å². The van der Waals surface area contributed by atoms with Gasteiger partial charge >= 0.3 is 5.97 Å². The maximum atomic E-state index is 10.7. The number of phenols is 2. The number of carboxylic acid groups (broad SMARTS) is 1. The number of aromatic hydroxyl groups is 2. The molecule has 31 heavy (non-hydrogen) atoms. The lowest BCUT2D eigenvalue weighted by Gasteiger charge is -2.18. The van der Waals surface area contributed by atoms with Gasteiger partial charge in [-0.1, -0.05) is 30.3 Å². The normalized spacial score (nSPS) is 11.1. The fourth-order valence-corrected chi connectivity index (χ4v) is 3.55. The molecule has 4 aromatic carbocycles. The molecule has 5 nitrogen and oxygen atoms in total.